The molecule has 1 aromatic heterocycles. The molecule has 2 heterocycles. The molecule has 0 unspecified atom stereocenters. The first-order valence-electron chi connectivity index (χ1n) is 9.48. The van der Waals surface area contributed by atoms with E-state index in [1.807, 2.05) is 19.1 Å². The van der Waals surface area contributed by atoms with Gasteiger partial charge in [0.2, 0.25) is 10.0 Å². The van der Waals surface area contributed by atoms with Crippen LogP contribution in [0.25, 0.3) is 0 Å². The number of carbonyl (C=O) groups is 1. The number of H-pyrrole nitrogens is 1. The lowest BCUT2D eigenvalue weighted by Crippen LogP contribution is -2.32. The van der Waals surface area contributed by atoms with E-state index < -0.39 is 10.0 Å². The number of benzene rings is 1. The van der Waals surface area contributed by atoms with Crippen molar-refractivity contribution < 1.29 is 13.2 Å². The molecule has 1 fully saturated rings. The summed E-state index contributed by atoms with van der Waals surface area (Å²) in [5.41, 5.74) is 2.91. The molecule has 1 aromatic carbocycles. The van der Waals surface area contributed by atoms with Gasteiger partial charge in [0, 0.05) is 28.9 Å². The second-order valence-corrected chi connectivity index (χ2v) is 10.0. The smallest absolute Gasteiger partial charge is 0.272 e. The van der Waals surface area contributed by atoms with Crippen molar-refractivity contribution in [2.24, 2.45) is 0 Å². The average molecular weight is 468 g/mol. The normalized spacial score (nSPS) is 16.0. The summed E-state index contributed by atoms with van der Waals surface area (Å²) >= 11 is 3.44. The molecular formula is C20H26BrN3O3S. The molecule has 8 heteroatoms. The van der Waals surface area contributed by atoms with Gasteiger partial charge in [-0.3, -0.25) is 4.79 Å². The third-order valence-electron chi connectivity index (χ3n) is 5.17. The summed E-state index contributed by atoms with van der Waals surface area (Å²) in [5, 5.41) is 2.85. The van der Waals surface area contributed by atoms with Gasteiger partial charge >= 0.3 is 0 Å². The minimum absolute atomic E-state index is 0.228. The van der Waals surface area contributed by atoms with E-state index in [4.69, 9.17) is 0 Å². The molecule has 0 atom stereocenters. The Bertz CT molecular complexity index is 990. The highest BCUT2D eigenvalue weighted by molar-refractivity contribution is 9.10. The zero-order valence-corrected chi connectivity index (χ0v) is 18.8. The van der Waals surface area contributed by atoms with Gasteiger partial charge in [0.1, 0.15) is 10.6 Å². The Labute approximate surface area is 174 Å². The van der Waals surface area contributed by atoms with Crippen molar-refractivity contribution in [1.29, 1.82) is 0 Å². The first-order chi connectivity index (χ1) is 13.2. The highest BCUT2D eigenvalue weighted by Crippen LogP contribution is 2.29. The lowest BCUT2D eigenvalue weighted by atomic mass is 10.2. The van der Waals surface area contributed by atoms with Gasteiger partial charge in [-0.2, -0.15) is 4.31 Å². The van der Waals surface area contributed by atoms with Crippen LogP contribution in [0.2, 0.25) is 0 Å². The van der Waals surface area contributed by atoms with Crippen molar-refractivity contribution in [2.75, 3.05) is 18.4 Å². The van der Waals surface area contributed by atoms with Crippen molar-refractivity contribution in [3.63, 3.8) is 0 Å². The second-order valence-electron chi connectivity index (χ2n) is 7.32. The van der Waals surface area contributed by atoms with Gasteiger partial charge in [0.15, 0.2) is 0 Å². The number of nitrogens with one attached hydrogen (secondary N) is 2. The highest BCUT2D eigenvalue weighted by atomic mass is 79.9. The zero-order chi connectivity index (χ0) is 20.5. The van der Waals surface area contributed by atoms with Crippen LogP contribution in [-0.2, 0) is 10.0 Å². The van der Waals surface area contributed by atoms with Crippen molar-refractivity contribution in [2.45, 2.75) is 51.3 Å². The van der Waals surface area contributed by atoms with Gasteiger partial charge < -0.3 is 10.3 Å². The molecule has 1 aliphatic heterocycles. The van der Waals surface area contributed by atoms with Gasteiger partial charge in [-0.1, -0.05) is 28.8 Å². The van der Waals surface area contributed by atoms with Crippen LogP contribution in [0.5, 0.6) is 0 Å². The summed E-state index contributed by atoms with van der Waals surface area (Å²) in [6.07, 6.45) is 3.85. The SMILES string of the molecule is Cc1cc(NC(=O)c2[nH]c(C)c(S(=O)(=O)N3CCCCCC3)c2C)ccc1Br. The van der Waals surface area contributed by atoms with Gasteiger partial charge in [-0.05, 0) is 62.9 Å². The Morgan fingerprint density at radius 2 is 1.75 bits per heavy atom. The van der Waals surface area contributed by atoms with Crippen LogP contribution in [0.15, 0.2) is 27.6 Å². The molecular weight excluding hydrogens is 442 g/mol. The third-order valence-corrected chi connectivity index (χ3v) is 8.24. The van der Waals surface area contributed by atoms with E-state index in [0.29, 0.717) is 30.0 Å². The Morgan fingerprint density at radius 1 is 1.11 bits per heavy atom. The summed E-state index contributed by atoms with van der Waals surface area (Å²) in [7, 11) is -3.63. The fourth-order valence-corrected chi connectivity index (χ4v) is 5.84. The number of rotatable bonds is 4. The lowest BCUT2D eigenvalue weighted by molar-refractivity contribution is 0.102. The predicted molar refractivity (Wildman–Crippen MR) is 114 cm³/mol. The summed E-state index contributed by atoms with van der Waals surface area (Å²) in [6.45, 7) is 6.40. The van der Waals surface area contributed by atoms with Crippen LogP contribution in [-0.4, -0.2) is 36.7 Å². The molecule has 0 spiro atoms. The molecule has 152 valence electrons. The minimum atomic E-state index is -3.63. The quantitative estimate of drug-likeness (QED) is 0.692. The molecule has 1 saturated heterocycles. The third kappa shape index (κ3) is 4.18. The topological polar surface area (TPSA) is 82.3 Å². The summed E-state index contributed by atoms with van der Waals surface area (Å²) in [4.78, 5) is 16.0. The molecule has 0 saturated carbocycles. The lowest BCUT2D eigenvalue weighted by Gasteiger charge is -2.20. The summed E-state index contributed by atoms with van der Waals surface area (Å²) < 4.78 is 29.0. The largest absolute Gasteiger partial charge is 0.353 e. The molecule has 0 radical (unpaired) electrons. The number of sulfonamides is 1. The molecule has 0 aliphatic carbocycles. The highest BCUT2D eigenvalue weighted by Gasteiger charge is 2.32. The Morgan fingerprint density at radius 3 is 2.36 bits per heavy atom. The number of halogens is 1. The van der Waals surface area contributed by atoms with Gasteiger partial charge in [-0.15, -0.1) is 0 Å². The fourth-order valence-electron chi connectivity index (χ4n) is 3.67. The first-order valence-corrected chi connectivity index (χ1v) is 11.7. The molecule has 1 amide bonds. The molecule has 2 aromatic rings. The first kappa shape index (κ1) is 21.1. The van der Waals surface area contributed by atoms with Crippen LogP contribution in [0.1, 0.15) is 53.0 Å². The maximum Gasteiger partial charge on any atom is 0.272 e. The van der Waals surface area contributed by atoms with Crippen LogP contribution in [0.3, 0.4) is 0 Å². The van der Waals surface area contributed by atoms with Crippen LogP contribution in [0, 0.1) is 20.8 Å². The molecule has 28 heavy (non-hydrogen) atoms. The summed E-state index contributed by atoms with van der Waals surface area (Å²) in [5.74, 6) is -0.348. The molecule has 3 rings (SSSR count). The van der Waals surface area contributed by atoms with Crippen molar-refractivity contribution >= 4 is 37.5 Å². The molecule has 1 aliphatic rings. The number of hydrogen-bond donors (Lipinski definition) is 2. The number of aromatic amines is 1. The summed E-state index contributed by atoms with van der Waals surface area (Å²) in [6, 6.07) is 5.53. The van der Waals surface area contributed by atoms with E-state index in [-0.39, 0.29) is 16.5 Å². The number of nitrogens with zero attached hydrogens (tertiary/aromatic N) is 1. The Kier molecular flexibility index (Phi) is 6.31. The van der Waals surface area contributed by atoms with Crippen molar-refractivity contribution in [3.05, 3.63) is 45.2 Å². The van der Waals surface area contributed by atoms with Crippen LogP contribution in [0.4, 0.5) is 5.69 Å². The number of hydrogen-bond acceptors (Lipinski definition) is 3. The van der Waals surface area contributed by atoms with Crippen LogP contribution >= 0.6 is 15.9 Å². The Balaban J connectivity index is 1.90. The van der Waals surface area contributed by atoms with E-state index in [9.17, 15) is 13.2 Å². The number of aryl methyl sites for hydroxylation is 2. The van der Waals surface area contributed by atoms with Gasteiger partial charge in [0.05, 0.1) is 0 Å². The van der Waals surface area contributed by atoms with E-state index in [2.05, 4.69) is 26.2 Å². The van der Waals surface area contributed by atoms with Crippen molar-refractivity contribution in [3.8, 4) is 0 Å². The second kappa shape index (κ2) is 8.39. The average Bonchev–Trinajstić information content (AvgIpc) is 2.80. The molecule has 2 N–H and O–H groups in total. The number of aromatic nitrogens is 1. The van der Waals surface area contributed by atoms with Crippen molar-refractivity contribution in [1.82, 2.24) is 9.29 Å². The maximum atomic E-state index is 13.2. The van der Waals surface area contributed by atoms with Gasteiger partial charge in [-0.25, -0.2) is 8.42 Å². The fraction of sp³-hybridized carbons (Fsp3) is 0.450. The molecule has 6 nitrogen and oxygen atoms in total. The Hall–Kier alpha value is -1.64. The van der Waals surface area contributed by atoms with Gasteiger partial charge in [0.25, 0.3) is 5.91 Å². The maximum absolute atomic E-state index is 13.2. The zero-order valence-electron chi connectivity index (χ0n) is 16.4. The van der Waals surface area contributed by atoms with E-state index in [1.54, 1.807) is 24.2 Å². The van der Waals surface area contributed by atoms with E-state index >= 15 is 0 Å². The number of anilines is 1. The van der Waals surface area contributed by atoms with E-state index in [1.165, 1.54) is 0 Å². The number of carbonyl (C=O) groups excluding carboxylic acids is 1. The van der Waals surface area contributed by atoms with Crippen LogP contribution < -0.4 is 5.32 Å². The monoisotopic (exact) mass is 467 g/mol. The minimum Gasteiger partial charge on any atom is -0.353 e. The molecule has 0 bridgehead atoms. The van der Waals surface area contributed by atoms with E-state index in [0.717, 1.165) is 35.7 Å². The standard InChI is InChI=1S/C20H26BrN3O3S/c1-13-12-16(8-9-17(13)21)23-20(25)18-14(2)19(15(3)22-18)28(26,27)24-10-6-4-5-7-11-24/h8-9,12,22H,4-7,10-11H2,1-3H3,(H,23,25). The number of amides is 1. The predicted octanol–water partition coefficient (Wildman–Crippen LogP) is 4.52.